The van der Waals surface area contributed by atoms with Crippen LogP contribution in [0.1, 0.15) is 29.7 Å². The topological polar surface area (TPSA) is 67.0 Å². The molecule has 2 rings (SSSR count). The number of hydrogen-bond donors (Lipinski definition) is 2. The molecule has 1 amide bonds. The molecule has 0 aliphatic carbocycles. The zero-order chi connectivity index (χ0) is 14.5. The van der Waals surface area contributed by atoms with E-state index in [1.165, 1.54) is 0 Å². The summed E-state index contributed by atoms with van der Waals surface area (Å²) < 4.78 is 5.51. The fourth-order valence-electron chi connectivity index (χ4n) is 2.03. The number of aryl methyl sites for hydroxylation is 2. The highest BCUT2D eigenvalue weighted by atomic mass is 16.5. The lowest BCUT2D eigenvalue weighted by atomic mass is 10.1. The van der Waals surface area contributed by atoms with Crippen molar-refractivity contribution in [3.63, 3.8) is 0 Å². The van der Waals surface area contributed by atoms with Crippen LogP contribution in [-0.4, -0.2) is 22.7 Å². The van der Waals surface area contributed by atoms with Gasteiger partial charge in [0.25, 0.3) is 5.91 Å². The first-order valence-electron chi connectivity index (χ1n) is 6.54. The molecule has 0 radical (unpaired) electrons. The Bertz CT molecular complexity index is 559. The molecule has 0 bridgehead atoms. The standard InChI is InChI=1S/C15H19N3O2/c1-10-4-11(2)6-14(5-10)20-9-15(19)18-12(3)13-7-16-17-8-13/h4-8,12H,9H2,1-3H3,(H,16,17)(H,18,19). The highest BCUT2D eigenvalue weighted by Crippen LogP contribution is 2.16. The van der Waals surface area contributed by atoms with Crippen LogP contribution in [0.2, 0.25) is 0 Å². The molecule has 5 nitrogen and oxygen atoms in total. The number of carbonyl (C=O) groups is 1. The van der Waals surface area contributed by atoms with E-state index in [1.807, 2.05) is 32.9 Å². The Morgan fingerprint density at radius 2 is 2.05 bits per heavy atom. The largest absolute Gasteiger partial charge is 0.484 e. The maximum absolute atomic E-state index is 11.8. The van der Waals surface area contributed by atoms with Gasteiger partial charge in [0.05, 0.1) is 12.2 Å². The molecule has 2 aromatic rings. The Morgan fingerprint density at radius 3 is 2.65 bits per heavy atom. The van der Waals surface area contributed by atoms with Gasteiger partial charge >= 0.3 is 0 Å². The van der Waals surface area contributed by atoms with E-state index in [4.69, 9.17) is 4.74 Å². The SMILES string of the molecule is Cc1cc(C)cc(OCC(=O)NC(C)c2cn[nH]c2)c1. The molecule has 1 aromatic carbocycles. The smallest absolute Gasteiger partial charge is 0.258 e. The number of ether oxygens (including phenoxy) is 1. The van der Waals surface area contributed by atoms with E-state index in [0.717, 1.165) is 16.7 Å². The van der Waals surface area contributed by atoms with Crippen LogP contribution in [-0.2, 0) is 4.79 Å². The molecular formula is C15H19N3O2. The van der Waals surface area contributed by atoms with Crippen molar-refractivity contribution < 1.29 is 9.53 Å². The molecule has 1 unspecified atom stereocenters. The van der Waals surface area contributed by atoms with Gasteiger partial charge in [-0.25, -0.2) is 0 Å². The van der Waals surface area contributed by atoms with Crippen molar-refractivity contribution in [2.75, 3.05) is 6.61 Å². The minimum absolute atomic E-state index is 0.00504. The van der Waals surface area contributed by atoms with Crippen molar-refractivity contribution in [1.29, 1.82) is 0 Å². The van der Waals surface area contributed by atoms with Crippen LogP contribution in [0.3, 0.4) is 0 Å². The molecular weight excluding hydrogens is 254 g/mol. The second kappa shape index (κ2) is 6.23. The molecule has 1 aromatic heterocycles. The van der Waals surface area contributed by atoms with E-state index in [2.05, 4.69) is 21.6 Å². The predicted molar refractivity (Wildman–Crippen MR) is 76.6 cm³/mol. The Labute approximate surface area is 118 Å². The summed E-state index contributed by atoms with van der Waals surface area (Å²) in [5.74, 6) is 0.562. The van der Waals surface area contributed by atoms with Crippen molar-refractivity contribution >= 4 is 5.91 Å². The Hall–Kier alpha value is -2.30. The van der Waals surface area contributed by atoms with Crippen molar-refractivity contribution in [3.8, 4) is 5.75 Å². The molecule has 0 aliphatic rings. The van der Waals surface area contributed by atoms with Crippen molar-refractivity contribution in [2.45, 2.75) is 26.8 Å². The lowest BCUT2D eigenvalue weighted by molar-refractivity contribution is -0.123. The average Bonchev–Trinajstić information content (AvgIpc) is 2.89. The summed E-state index contributed by atoms with van der Waals surface area (Å²) in [4.78, 5) is 11.8. The molecule has 0 aliphatic heterocycles. The van der Waals surface area contributed by atoms with Crippen LogP contribution in [0.15, 0.2) is 30.6 Å². The van der Waals surface area contributed by atoms with E-state index >= 15 is 0 Å². The van der Waals surface area contributed by atoms with Gasteiger partial charge in [-0.1, -0.05) is 6.07 Å². The molecule has 0 saturated heterocycles. The van der Waals surface area contributed by atoms with Gasteiger partial charge in [0, 0.05) is 11.8 Å². The number of nitrogens with one attached hydrogen (secondary N) is 2. The molecule has 2 N–H and O–H groups in total. The summed E-state index contributed by atoms with van der Waals surface area (Å²) in [6.07, 6.45) is 3.45. The molecule has 0 spiro atoms. The summed E-state index contributed by atoms with van der Waals surface area (Å²) in [5.41, 5.74) is 3.17. The van der Waals surface area contributed by atoms with Gasteiger partial charge in [-0.3, -0.25) is 9.89 Å². The monoisotopic (exact) mass is 273 g/mol. The third kappa shape index (κ3) is 3.85. The van der Waals surface area contributed by atoms with Gasteiger partial charge < -0.3 is 10.1 Å². The summed E-state index contributed by atoms with van der Waals surface area (Å²) in [7, 11) is 0. The van der Waals surface area contributed by atoms with Gasteiger partial charge in [0.15, 0.2) is 6.61 Å². The van der Waals surface area contributed by atoms with E-state index in [9.17, 15) is 4.79 Å². The number of hydrogen-bond acceptors (Lipinski definition) is 3. The van der Waals surface area contributed by atoms with Gasteiger partial charge in [0.1, 0.15) is 5.75 Å². The predicted octanol–water partition coefficient (Wildman–Crippen LogP) is 2.28. The Morgan fingerprint density at radius 1 is 1.35 bits per heavy atom. The summed E-state index contributed by atoms with van der Waals surface area (Å²) >= 11 is 0. The average molecular weight is 273 g/mol. The number of rotatable bonds is 5. The summed E-state index contributed by atoms with van der Waals surface area (Å²) in [6.45, 7) is 5.91. The van der Waals surface area contributed by atoms with Crippen LogP contribution >= 0.6 is 0 Å². The van der Waals surface area contributed by atoms with E-state index < -0.39 is 0 Å². The number of H-pyrrole nitrogens is 1. The minimum Gasteiger partial charge on any atom is -0.484 e. The van der Waals surface area contributed by atoms with Crippen LogP contribution in [0.5, 0.6) is 5.75 Å². The third-order valence-corrected chi connectivity index (χ3v) is 2.96. The quantitative estimate of drug-likeness (QED) is 0.878. The number of benzene rings is 1. The van der Waals surface area contributed by atoms with Crippen LogP contribution in [0.4, 0.5) is 0 Å². The number of carbonyl (C=O) groups excluding carboxylic acids is 1. The summed E-state index contributed by atoms with van der Waals surface area (Å²) in [5, 5.41) is 9.44. The highest BCUT2D eigenvalue weighted by Gasteiger charge is 2.11. The normalized spacial score (nSPS) is 11.9. The van der Waals surface area contributed by atoms with Gasteiger partial charge in [-0.05, 0) is 44.0 Å². The highest BCUT2D eigenvalue weighted by molar-refractivity contribution is 5.78. The molecule has 0 fully saturated rings. The number of aromatic nitrogens is 2. The minimum atomic E-state index is -0.155. The second-order valence-corrected chi connectivity index (χ2v) is 4.93. The fraction of sp³-hybridized carbons (Fsp3) is 0.333. The first-order chi connectivity index (χ1) is 9.54. The lowest BCUT2D eigenvalue weighted by Crippen LogP contribution is -2.31. The lowest BCUT2D eigenvalue weighted by Gasteiger charge is -2.13. The van der Waals surface area contributed by atoms with Crippen molar-refractivity contribution in [3.05, 3.63) is 47.3 Å². The van der Waals surface area contributed by atoms with Gasteiger partial charge in [0.2, 0.25) is 0 Å². The first-order valence-corrected chi connectivity index (χ1v) is 6.54. The zero-order valence-electron chi connectivity index (χ0n) is 11.9. The third-order valence-electron chi connectivity index (χ3n) is 2.96. The molecule has 5 heteroatoms. The van der Waals surface area contributed by atoms with E-state index in [0.29, 0.717) is 5.75 Å². The summed E-state index contributed by atoms with van der Waals surface area (Å²) in [6, 6.07) is 5.80. The van der Waals surface area contributed by atoms with E-state index in [-0.39, 0.29) is 18.6 Å². The van der Waals surface area contributed by atoms with Crippen LogP contribution in [0, 0.1) is 13.8 Å². The van der Waals surface area contributed by atoms with Crippen LogP contribution in [0.25, 0.3) is 0 Å². The van der Waals surface area contributed by atoms with Gasteiger partial charge in [-0.15, -0.1) is 0 Å². The maximum Gasteiger partial charge on any atom is 0.258 e. The molecule has 20 heavy (non-hydrogen) atoms. The molecule has 1 heterocycles. The first kappa shape index (κ1) is 14.1. The Balaban J connectivity index is 1.86. The number of amides is 1. The molecule has 0 saturated carbocycles. The molecule has 1 atom stereocenters. The zero-order valence-corrected chi connectivity index (χ0v) is 11.9. The van der Waals surface area contributed by atoms with Gasteiger partial charge in [-0.2, -0.15) is 5.10 Å². The second-order valence-electron chi connectivity index (χ2n) is 4.93. The van der Waals surface area contributed by atoms with E-state index in [1.54, 1.807) is 12.4 Å². The number of nitrogens with zero attached hydrogens (tertiary/aromatic N) is 1. The number of aromatic amines is 1. The van der Waals surface area contributed by atoms with Crippen molar-refractivity contribution in [2.24, 2.45) is 0 Å². The Kier molecular flexibility index (Phi) is 4.40. The maximum atomic E-state index is 11.8. The van der Waals surface area contributed by atoms with Crippen molar-refractivity contribution in [1.82, 2.24) is 15.5 Å². The van der Waals surface area contributed by atoms with Crippen LogP contribution < -0.4 is 10.1 Å². The molecule has 106 valence electrons. The fourth-order valence-corrected chi connectivity index (χ4v) is 2.03.